The van der Waals surface area contributed by atoms with Gasteiger partial charge in [-0.2, -0.15) is 0 Å². The third-order valence-corrected chi connectivity index (χ3v) is 4.38. The normalized spacial score (nSPS) is 18.4. The summed E-state index contributed by atoms with van der Waals surface area (Å²) in [6.45, 7) is 5.10. The van der Waals surface area contributed by atoms with Gasteiger partial charge in [0.05, 0.1) is 7.11 Å². The molecule has 1 aliphatic rings. The SMILES string of the molecule is COc1ccc(C)cc1C(C)N(C)C(CN)C1CC1. The van der Waals surface area contributed by atoms with E-state index in [9.17, 15) is 0 Å². The van der Waals surface area contributed by atoms with Crippen LogP contribution in [0, 0.1) is 12.8 Å². The number of hydrogen-bond acceptors (Lipinski definition) is 3. The van der Waals surface area contributed by atoms with Crippen molar-refractivity contribution in [3.8, 4) is 5.75 Å². The number of nitrogens with zero attached hydrogens (tertiary/aromatic N) is 1. The average Bonchev–Trinajstić information content (AvgIpc) is 3.23. The van der Waals surface area contributed by atoms with Crippen molar-refractivity contribution in [3.05, 3.63) is 29.3 Å². The van der Waals surface area contributed by atoms with Crippen molar-refractivity contribution in [2.45, 2.75) is 38.8 Å². The van der Waals surface area contributed by atoms with Gasteiger partial charge in [0.15, 0.2) is 0 Å². The molecule has 1 aromatic rings. The van der Waals surface area contributed by atoms with Gasteiger partial charge in [0, 0.05) is 24.2 Å². The second kappa shape index (κ2) is 5.93. The maximum Gasteiger partial charge on any atom is 0.123 e. The van der Waals surface area contributed by atoms with Crippen molar-refractivity contribution in [2.24, 2.45) is 11.7 Å². The zero-order chi connectivity index (χ0) is 14.0. The van der Waals surface area contributed by atoms with Gasteiger partial charge in [0.1, 0.15) is 5.75 Å². The van der Waals surface area contributed by atoms with E-state index in [4.69, 9.17) is 10.5 Å². The second-order valence-corrected chi connectivity index (χ2v) is 5.73. The minimum Gasteiger partial charge on any atom is -0.496 e. The van der Waals surface area contributed by atoms with Gasteiger partial charge < -0.3 is 10.5 Å². The molecule has 2 N–H and O–H groups in total. The van der Waals surface area contributed by atoms with E-state index in [1.165, 1.54) is 24.0 Å². The van der Waals surface area contributed by atoms with Crippen LogP contribution in [0.2, 0.25) is 0 Å². The summed E-state index contributed by atoms with van der Waals surface area (Å²) in [6.07, 6.45) is 2.65. The maximum absolute atomic E-state index is 5.96. The summed E-state index contributed by atoms with van der Waals surface area (Å²) < 4.78 is 5.50. The molecule has 106 valence electrons. The summed E-state index contributed by atoms with van der Waals surface area (Å²) in [5.74, 6) is 1.75. The van der Waals surface area contributed by atoms with Crippen LogP contribution in [0.15, 0.2) is 18.2 Å². The first-order valence-electron chi connectivity index (χ1n) is 7.15. The van der Waals surface area contributed by atoms with Gasteiger partial charge in [-0.25, -0.2) is 0 Å². The highest BCUT2D eigenvalue weighted by Gasteiger charge is 2.35. The van der Waals surface area contributed by atoms with Crippen LogP contribution in [0.1, 0.15) is 36.9 Å². The van der Waals surface area contributed by atoms with Crippen LogP contribution in [0.25, 0.3) is 0 Å². The lowest BCUT2D eigenvalue weighted by molar-refractivity contribution is 0.167. The molecule has 0 radical (unpaired) electrons. The fraction of sp³-hybridized carbons (Fsp3) is 0.625. The molecule has 1 aliphatic carbocycles. The third kappa shape index (κ3) is 3.10. The Morgan fingerprint density at radius 1 is 1.42 bits per heavy atom. The van der Waals surface area contributed by atoms with Gasteiger partial charge in [-0.05, 0) is 45.7 Å². The van der Waals surface area contributed by atoms with Crippen LogP contribution >= 0.6 is 0 Å². The molecule has 19 heavy (non-hydrogen) atoms. The molecular weight excluding hydrogens is 236 g/mol. The van der Waals surface area contributed by atoms with Crippen LogP contribution in [0.4, 0.5) is 0 Å². The number of aryl methyl sites for hydroxylation is 1. The molecular formula is C16H26N2O. The molecule has 0 saturated heterocycles. The minimum atomic E-state index is 0.323. The fourth-order valence-electron chi connectivity index (χ4n) is 2.86. The van der Waals surface area contributed by atoms with E-state index in [1.54, 1.807) is 7.11 Å². The first kappa shape index (κ1) is 14.4. The summed E-state index contributed by atoms with van der Waals surface area (Å²) >= 11 is 0. The number of nitrogens with two attached hydrogens (primary N) is 1. The molecule has 1 aromatic carbocycles. The predicted molar refractivity (Wildman–Crippen MR) is 79.5 cm³/mol. The standard InChI is InChI=1S/C16H26N2O/c1-11-5-8-16(19-4)14(9-11)12(2)18(3)15(10-17)13-6-7-13/h5,8-9,12-13,15H,6-7,10,17H2,1-4H3. The van der Waals surface area contributed by atoms with Crippen LogP contribution in [-0.2, 0) is 0 Å². The molecule has 1 saturated carbocycles. The summed E-state index contributed by atoms with van der Waals surface area (Å²) in [7, 11) is 3.92. The Labute approximate surface area is 116 Å². The maximum atomic E-state index is 5.96. The van der Waals surface area contributed by atoms with Crippen molar-refractivity contribution in [3.63, 3.8) is 0 Å². The van der Waals surface area contributed by atoms with Gasteiger partial charge in [0.2, 0.25) is 0 Å². The monoisotopic (exact) mass is 262 g/mol. The molecule has 0 aliphatic heterocycles. The fourth-order valence-corrected chi connectivity index (χ4v) is 2.86. The van der Waals surface area contributed by atoms with E-state index in [0.29, 0.717) is 12.1 Å². The van der Waals surface area contributed by atoms with Crippen LogP contribution in [0.3, 0.4) is 0 Å². The van der Waals surface area contributed by atoms with E-state index >= 15 is 0 Å². The summed E-state index contributed by atoms with van der Waals surface area (Å²) in [5.41, 5.74) is 8.48. The van der Waals surface area contributed by atoms with Gasteiger partial charge in [-0.3, -0.25) is 4.90 Å². The lowest BCUT2D eigenvalue weighted by Crippen LogP contribution is -2.41. The number of benzene rings is 1. The quantitative estimate of drug-likeness (QED) is 0.856. The van der Waals surface area contributed by atoms with Gasteiger partial charge in [-0.15, -0.1) is 0 Å². The highest BCUT2D eigenvalue weighted by atomic mass is 16.5. The first-order chi connectivity index (χ1) is 9.08. The zero-order valence-electron chi connectivity index (χ0n) is 12.5. The zero-order valence-corrected chi connectivity index (χ0v) is 12.5. The average molecular weight is 262 g/mol. The van der Waals surface area contributed by atoms with Gasteiger partial charge in [-0.1, -0.05) is 17.7 Å². The molecule has 2 atom stereocenters. The van der Waals surface area contributed by atoms with Gasteiger partial charge in [0.25, 0.3) is 0 Å². The number of likely N-dealkylation sites (N-methyl/N-ethyl adjacent to an activating group) is 1. The van der Waals surface area contributed by atoms with Gasteiger partial charge >= 0.3 is 0 Å². The Balaban J connectivity index is 2.22. The highest BCUT2D eigenvalue weighted by Crippen LogP contribution is 2.38. The minimum absolute atomic E-state index is 0.323. The summed E-state index contributed by atoms with van der Waals surface area (Å²) in [5, 5.41) is 0. The van der Waals surface area contributed by atoms with Crippen molar-refractivity contribution >= 4 is 0 Å². The highest BCUT2D eigenvalue weighted by molar-refractivity contribution is 5.39. The Bertz CT molecular complexity index is 429. The lowest BCUT2D eigenvalue weighted by Gasteiger charge is -2.33. The van der Waals surface area contributed by atoms with Crippen molar-refractivity contribution in [1.82, 2.24) is 4.90 Å². The molecule has 0 amide bonds. The molecule has 0 spiro atoms. The smallest absolute Gasteiger partial charge is 0.123 e. The van der Waals surface area contributed by atoms with E-state index in [2.05, 4.69) is 44.0 Å². The first-order valence-corrected chi connectivity index (χ1v) is 7.15. The third-order valence-electron chi connectivity index (χ3n) is 4.38. The number of methoxy groups -OCH3 is 1. The summed E-state index contributed by atoms with van der Waals surface area (Å²) in [4.78, 5) is 2.41. The number of ether oxygens (including phenoxy) is 1. The topological polar surface area (TPSA) is 38.5 Å². The molecule has 1 fully saturated rings. The molecule has 0 aromatic heterocycles. The van der Waals surface area contributed by atoms with E-state index in [0.717, 1.165) is 18.2 Å². The summed E-state index contributed by atoms with van der Waals surface area (Å²) in [6, 6.07) is 7.18. The molecule has 0 heterocycles. The second-order valence-electron chi connectivity index (χ2n) is 5.73. The lowest BCUT2D eigenvalue weighted by atomic mass is 10.0. The van der Waals surface area contributed by atoms with Crippen LogP contribution in [0.5, 0.6) is 5.75 Å². The Hall–Kier alpha value is -1.06. The number of hydrogen-bond donors (Lipinski definition) is 1. The van der Waals surface area contributed by atoms with E-state index in [1.807, 2.05) is 0 Å². The molecule has 2 rings (SSSR count). The Kier molecular flexibility index (Phi) is 4.48. The van der Waals surface area contributed by atoms with E-state index in [-0.39, 0.29) is 0 Å². The molecule has 3 nitrogen and oxygen atoms in total. The van der Waals surface area contributed by atoms with Crippen molar-refractivity contribution in [2.75, 3.05) is 20.7 Å². The van der Waals surface area contributed by atoms with Crippen LogP contribution in [-0.4, -0.2) is 31.6 Å². The largest absolute Gasteiger partial charge is 0.496 e. The van der Waals surface area contributed by atoms with Crippen LogP contribution < -0.4 is 10.5 Å². The van der Waals surface area contributed by atoms with Crippen molar-refractivity contribution < 1.29 is 4.74 Å². The Morgan fingerprint density at radius 2 is 2.11 bits per heavy atom. The molecule has 0 bridgehead atoms. The van der Waals surface area contributed by atoms with E-state index < -0.39 is 0 Å². The molecule has 2 unspecified atom stereocenters. The van der Waals surface area contributed by atoms with Crippen molar-refractivity contribution in [1.29, 1.82) is 0 Å². The number of rotatable bonds is 6. The predicted octanol–water partition coefficient (Wildman–Crippen LogP) is 2.73. The molecule has 3 heteroatoms. The Morgan fingerprint density at radius 3 is 2.63 bits per heavy atom.